The highest BCUT2D eigenvalue weighted by Crippen LogP contribution is 2.32. The first-order valence-electron chi connectivity index (χ1n) is 5.57. The van der Waals surface area contributed by atoms with Crippen LogP contribution in [-0.4, -0.2) is 20.7 Å². The molecule has 0 amide bonds. The summed E-state index contributed by atoms with van der Waals surface area (Å²) in [6.45, 7) is 1.78. The molecule has 0 saturated carbocycles. The number of aryl methyl sites for hydroxylation is 1. The molecule has 1 aromatic carbocycles. The third-order valence-electron chi connectivity index (χ3n) is 2.44. The topological polar surface area (TPSA) is 128 Å². The van der Waals surface area contributed by atoms with Gasteiger partial charge in [0.2, 0.25) is 11.6 Å². The molecule has 0 atom stereocenters. The van der Waals surface area contributed by atoms with Crippen LogP contribution in [0.3, 0.4) is 0 Å². The van der Waals surface area contributed by atoms with Gasteiger partial charge < -0.3 is 10.5 Å². The average Bonchev–Trinajstić information content (AvgIpc) is 2.38. The molecule has 3 N–H and O–H groups in total. The third-order valence-corrected chi connectivity index (χ3v) is 2.44. The number of ether oxygens (including phenoxy) is 1. The summed E-state index contributed by atoms with van der Waals surface area (Å²) in [4.78, 5) is 18.2. The van der Waals surface area contributed by atoms with Gasteiger partial charge in [0, 0.05) is 18.5 Å². The number of hydrogen-bond acceptors (Lipinski definition) is 6. The van der Waals surface area contributed by atoms with Gasteiger partial charge in [-0.25, -0.2) is 9.97 Å². The summed E-state index contributed by atoms with van der Waals surface area (Å²) in [5.74, 6) is -0.352. The summed E-state index contributed by atoms with van der Waals surface area (Å²) in [5, 5.41) is 18.3. The van der Waals surface area contributed by atoms with Gasteiger partial charge in [-0.1, -0.05) is 6.07 Å². The number of nitrogens with two attached hydrogens (primary N) is 1. The van der Waals surface area contributed by atoms with Crippen molar-refractivity contribution in [2.45, 2.75) is 6.92 Å². The molecule has 0 unspecified atom stereocenters. The molecule has 0 aliphatic rings. The van der Waals surface area contributed by atoms with Crippen LogP contribution in [0.15, 0.2) is 30.6 Å². The van der Waals surface area contributed by atoms with Gasteiger partial charge in [0.1, 0.15) is 5.84 Å². The van der Waals surface area contributed by atoms with Crippen LogP contribution in [0.5, 0.6) is 11.6 Å². The highest BCUT2D eigenvalue weighted by molar-refractivity contribution is 5.95. The van der Waals surface area contributed by atoms with E-state index < -0.39 is 4.92 Å². The molecule has 0 aliphatic carbocycles. The summed E-state index contributed by atoms with van der Waals surface area (Å²) in [6.07, 6.45) is 2.71. The Labute approximate surface area is 113 Å². The molecule has 0 radical (unpaired) electrons. The van der Waals surface area contributed by atoms with Crippen molar-refractivity contribution >= 4 is 11.5 Å². The molecule has 0 aliphatic heterocycles. The van der Waals surface area contributed by atoms with Crippen LogP contribution in [-0.2, 0) is 0 Å². The zero-order chi connectivity index (χ0) is 14.7. The number of nitrogens with one attached hydrogen (secondary N) is 1. The Balaban J connectivity index is 2.47. The lowest BCUT2D eigenvalue weighted by Gasteiger charge is -2.08. The molecule has 0 spiro atoms. The number of nitro groups is 1. The lowest BCUT2D eigenvalue weighted by molar-refractivity contribution is -0.385. The van der Waals surface area contributed by atoms with Crippen molar-refractivity contribution in [1.82, 2.24) is 9.97 Å². The van der Waals surface area contributed by atoms with Gasteiger partial charge in [0.15, 0.2) is 5.69 Å². The fourth-order valence-electron chi connectivity index (χ4n) is 1.54. The maximum Gasteiger partial charge on any atom is 0.311 e. The fraction of sp³-hybridized carbons (Fsp3) is 0.0833. The molecule has 8 heteroatoms. The van der Waals surface area contributed by atoms with Crippen LogP contribution in [0.1, 0.15) is 11.3 Å². The number of hydrogen-bond donors (Lipinski definition) is 2. The number of nitrogens with zero attached hydrogens (tertiary/aromatic N) is 3. The van der Waals surface area contributed by atoms with Crippen molar-refractivity contribution in [3.8, 4) is 11.6 Å². The SMILES string of the molecule is Cc1ccc([N+](=O)[O-])c(Oc2nccnc2C(=N)N)c1. The Hall–Kier alpha value is -3.03. The van der Waals surface area contributed by atoms with Crippen LogP contribution in [0.4, 0.5) is 5.69 Å². The third kappa shape index (κ3) is 2.69. The minimum absolute atomic E-state index is 0.0259. The van der Waals surface area contributed by atoms with Crippen LogP contribution in [0, 0.1) is 22.4 Å². The molecule has 1 heterocycles. The van der Waals surface area contributed by atoms with Gasteiger partial charge in [-0.05, 0) is 18.6 Å². The summed E-state index contributed by atoms with van der Waals surface area (Å²) in [5.41, 5.74) is 5.99. The Morgan fingerprint density at radius 2 is 2.10 bits per heavy atom. The molecule has 0 fully saturated rings. The van der Waals surface area contributed by atoms with E-state index in [2.05, 4.69) is 9.97 Å². The first kappa shape index (κ1) is 13.4. The van der Waals surface area contributed by atoms with E-state index in [-0.39, 0.29) is 28.8 Å². The highest BCUT2D eigenvalue weighted by Gasteiger charge is 2.18. The quantitative estimate of drug-likeness (QED) is 0.378. The second-order valence-electron chi connectivity index (χ2n) is 3.95. The highest BCUT2D eigenvalue weighted by atomic mass is 16.6. The summed E-state index contributed by atoms with van der Waals surface area (Å²) in [7, 11) is 0. The fourth-order valence-corrected chi connectivity index (χ4v) is 1.54. The Morgan fingerprint density at radius 3 is 2.75 bits per heavy atom. The van der Waals surface area contributed by atoms with E-state index in [9.17, 15) is 10.1 Å². The molecular formula is C12H11N5O3. The van der Waals surface area contributed by atoms with Gasteiger partial charge >= 0.3 is 5.69 Å². The maximum absolute atomic E-state index is 11.0. The van der Waals surface area contributed by atoms with Gasteiger partial charge in [-0.3, -0.25) is 15.5 Å². The summed E-state index contributed by atoms with van der Waals surface area (Å²) >= 11 is 0. The van der Waals surface area contributed by atoms with Crippen molar-refractivity contribution in [3.05, 3.63) is 52.0 Å². The number of amidine groups is 1. The van der Waals surface area contributed by atoms with Crippen LogP contribution in [0.2, 0.25) is 0 Å². The maximum atomic E-state index is 11.0. The molecule has 0 bridgehead atoms. The molecule has 0 saturated heterocycles. The molecular weight excluding hydrogens is 262 g/mol. The lowest BCUT2D eigenvalue weighted by Crippen LogP contribution is -2.15. The molecule has 2 aromatic rings. The van der Waals surface area contributed by atoms with E-state index in [1.165, 1.54) is 24.5 Å². The second-order valence-corrected chi connectivity index (χ2v) is 3.95. The largest absolute Gasteiger partial charge is 0.430 e. The zero-order valence-corrected chi connectivity index (χ0v) is 10.5. The van der Waals surface area contributed by atoms with E-state index in [1.54, 1.807) is 13.0 Å². The van der Waals surface area contributed by atoms with Crippen LogP contribution in [0.25, 0.3) is 0 Å². The predicted octanol–water partition coefficient (Wildman–Crippen LogP) is 1.77. The number of benzene rings is 1. The van der Waals surface area contributed by atoms with Gasteiger partial charge in [0.05, 0.1) is 4.92 Å². The van der Waals surface area contributed by atoms with E-state index in [0.717, 1.165) is 5.56 Å². The van der Waals surface area contributed by atoms with Crippen molar-refractivity contribution in [3.63, 3.8) is 0 Å². The normalized spacial score (nSPS) is 10.1. The predicted molar refractivity (Wildman–Crippen MR) is 71.0 cm³/mol. The van der Waals surface area contributed by atoms with Crippen molar-refractivity contribution in [2.24, 2.45) is 5.73 Å². The standard InChI is InChI=1S/C12H11N5O3/c1-7-2-3-8(17(18)19)9(6-7)20-12-10(11(13)14)15-4-5-16-12/h2-6H,1H3,(H3,13,14). The van der Waals surface area contributed by atoms with Crippen molar-refractivity contribution in [1.29, 1.82) is 5.41 Å². The Bertz CT molecular complexity index is 687. The summed E-state index contributed by atoms with van der Waals surface area (Å²) in [6, 6.07) is 4.46. The monoisotopic (exact) mass is 273 g/mol. The van der Waals surface area contributed by atoms with E-state index in [0.29, 0.717) is 0 Å². The number of aromatic nitrogens is 2. The van der Waals surface area contributed by atoms with Crippen molar-refractivity contribution in [2.75, 3.05) is 0 Å². The Morgan fingerprint density at radius 1 is 1.40 bits per heavy atom. The number of nitro benzene ring substituents is 1. The number of nitrogen functional groups attached to an aromatic ring is 1. The van der Waals surface area contributed by atoms with E-state index in [4.69, 9.17) is 15.9 Å². The van der Waals surface area contributed by atoms with Gasteiger partial charge in [-0.15, -0.1) is 0 Å². The van der Waals surface area contributed by atoms with Gasteiger partial charge in [0.25, 0.3) is 0 Å². The first-order valence-corrected chi connectivity index (χ1v) is 5.57. The van der Waals surface area contributed by atoms with Crippen LogP contribution >= 0.6 is 0 Å². The van der Waals surface area contributed by atoms with Crippen molar-refractivity contribution < 1.29 is 9.66 Å². The lowest BCUT2D eigenvalue weighted by atomic mass is 10.2. The minimum Gasteiger partial charge on any atom is -0.430 e. The van der Waals surface area contributed by atoms with Crippen LogP contribution < -0.4 is 10.5 Å². The zero-order valence-electron chi connectivity index (χ0n) is 10.5. The van der Waals surface area contributed by atoms with Gasteiger partial charge in [-0.2, -0.15) is 0 Å². The average molecular weight is 273 g/mol. The molecule has 20 heavy (non-hydrogen) atoms. The molecule has 102 valence electrons. The molecule has 1 aromatic heterocycles. The van der Waals surface area contributed by atoms with E-state index >= 15 is 0 Å². The Kier molecular flexibility index (Phi) is 3.56. The smallest absolute Gasteiger partial charge is 0.311 e. The number of rotatable bonds is 4. The first-order chi connectivity index (χ1) is 9.49. The minimum atomic E-state index is -0.557. The second kappa shape index (κ2) is 5.31. The molecule has 2 rings (SSSR count). The molecule has 8 nitrogen and oxygen atoms in total. The van der Waals surface area contributed by atoms with E-state index in [1.807, 2.05) is 0 Å². The summed E-state index contributed by atoms with van der Waals surface area (Å²) < 4.78 is 5.41.